The van der Waals surface area contributed by atoms with Gasteiger partial charge in [0.25, 0.3) is 0 Å². The van der Waals surface area contributed by atoms with Gasteiger partial charge in [-0.1, -0.05) is 27.2 Å². The number of likely N-dealkylation sites (tertiary alicyclic amines) is 1. The topological polar surface area (TPSA) is 46.3 Å². The Hall–Kier alpha value is -0.570. The maximum atomic E-state index is 11.8. The quantitative estimate of drug-likeness (QED) is 0.741. The normalized spacial score (nSPS) is 24.4. The van der Waals surface area contributed by atoms with Crippen LogP contribution in [0.3, 0.4) is 0 Å². The molecule has 1 heterocycles. The van der Waals surface area contributed by atoms with E-state index in [1.54, 1.807) is 0 Å². The van der Waals surface area contributed by atoms with E-state index in [-0.39, 0.29) is 17.9 Å². The maximum absolute atomic E-state index is 11.8. The van der Waals surface area contributed by atoms with Gasteiger partial charge in [0.05, 0.1) is 6.04 Å². The number of nitrogens with two attached hydrogens (primary N) is 1. The van der Waals surface area contributed by atoms with Crippen LogP contribution in [0.2, 0.25) is 0 Å². The number of nitrogens with zero attached hydrogens (tertiary/aromatic N) is 1. The van der Waals surface area contributed by atoms with Crippen molar-refractivity contribution in [1.29, 1.82) is 0 Å². The highest BCUT2D eigenvalue weighted by Gasteiger charge is 2.29. The lowest BCUT2D eigenvalue weighted by molar-refractivity contribution is -0.132. The molecule has 1 saturated heterocycles. The van der Waals surface area contributed by atoms with Crippen LogP contribution < -0.4 is 5.73 Å². The molecule has 1 fully saturated rings. The molecule has 82 valence electrons. The van der Waals surface area contributed by atoms with E-state index in [2.05, 4.69) is 6.92 Å². The third kappa shape index (κ3) is 2.47. The van der Waals surface area contributed by atoms with Gasteiger partial charge in [0, 0.05) is 13.1 Å². The number of rotatable bonds is 3. The Morgan fingerprint density at radius 1 is 1.57 bits per heavy atom. The smallest absolute Gasteiger partial charge is 0.239 e. The van der Waals surface area contributed by atoms with E-state index in [1.165, 1.54) is 6.42 Å². The van der Waals surface area contributed by atoms with Crippen molar-refractivity contribution >= 4 is 5.91 Å². The molecule has 1 unspecified atom stereocenters. The van der Waals surface area contributed by atoms with Crippen LogP contribution in [0.15, 0.2) is 0 Å². The molecule has 0 aromatic rings. The van der Waals surface area contributed by atoms with Crippen molar-refractivity contribution in [2.45, 2.75) is 39.7 Å². The lowest BCUT2D eigenvalue weighted by Crippen LogP contribution is -2.45. The van der Waals surface area contributed by atoms with Crippen LogP contribution in [-0.4, -0.2) is 29.9 Å². The fourth-order valence-electron chi connectivity index (χ4n) is 1.86. The fourth-order valence-corrected chi connectivity index (χ4v) is 1.86. The Morgan fingerprint density at radius 2 is 2.21 bits per heavy atom. The summed E-state index contributed by atoms with van der Waals surface area (Å²) in [7, 11) is 0. The first-order chi connectivity index (χ1) is 6.56. The molecule has 0 bridgehead atoms. The Balaban J connectivity index is 2.47. The number of carbonyl (C=O) groups excluding carboxylic acids is 1. The molecule has 0 aromatic carbocycles. The van der Waals surface area contributed by atoms with Gasteiger partial charge in [0.2, 0.25) is 5.91 Å². The minimum absolute atomic E-state index is 0.135. The van der Waals surface area contributed by atoms with Gasteiger partial charge in [-0.25, -0.2) is 0 Å². The van der Waals surface area contributed by atoms with Crippen LogP contribution in [0.4, 0.5) is 0 Å². The molecule has 0 aromatic heterocycles. The van der Waals surface area contributed by atoms with Crippen LogP contribution in [-0.2, 0) is 4.79 Å². The molecule has 1 aliphatic rings. The minimum atomic E-state index is -0.314. The Labute approximate surface area is 86.6 Å². The van der Waals surface area contributed by atoms with Crippen molar-refractivity contribution in [3.8, 4) is 0 Å². The lowest BCUT2D eigenvalue weighted by Gasteiger charge is -2.22. The molecule has 1 aliphatic heterocycles. The van der Waals surface area contributed by atoms with Crippen molar-refractivity contribution < 1.29 is 4.79 Å². The lowest BCUT2D eigenvalue weighted by atomic mass is 10.0. The summed E-state index contributed by atoms with van der Waals surface area (Å²) < 4.78 is 0. The molecule has 0 radical (unpaired) electrons. The minimum Gasteiger partial charge on any atom is -0.341 e. The van der Waals surface area contributed by atoms with E-state index in [0.717, 1.165) is 19.5 Å². The molecule has 2 N–H and O–H groups in total. The van der Waals surface area contributed by atoms with Gasteiger partial charge in [-0.2, -0.15) is 0 Å². The summed E-state index contributed by atoms with van der Waals surface area (Å²) in [5.74, 6) is 1.07. The van der Waals surface area contributed by atoms with E-state index in [1.807, 2.05) is 18.7 Å². The average Bonchev–Trinajstić information content (AvgIpc) is 2.63. The van der Waals surface area contributed by atoms with Crippen LogP contribution in [0, 0.1) is 11.8 Å². The summed E-state index contributed by atoms with van der Waals surface area (Å²) in [5, 5.41) is 0. The van der Waals surface area contributed by atoms with Crippen LogP contribution in [0.5, 0.6) is 0 Å². The van der Waals surface area contributed by atoms with E-state index >= 15 is 0 Å². The van der Waals surface area contributed by atoms with E-state index in [0.29, 0.717) is 5.92 Å². The zero-order valence-electron chi connectivity index (χ0n) is 9.49. The average molecular weight is 198 g/mol. The maximum Gasteiger partial charge on any atom is 0.239 e. The zero-order chi connectivity index (χ0) is 10.7. The molecular formula is C11H22N2O. The van der Waals surface area contributed by atoms with Gasteiger partial charge < -0.3 is 10.6 Å². The first kappa shape index (κ1) is 11.5. The molecule has 0 saturated carbocycles. The van der Waals surface area contributed by atoms with Gasteiger partial charge in [-0.3, -0.25) is 4.79 Å². The number of amides is 1. The monoisotopic (exact) mass is 198 g/mol. The summed E-state index contributed by atoms with van der Waals surface area (Å²) in [6.07, 6.45) is 2.31. The van der Waals surface area contributed by atoms with Crippen LogP contribution in [0.25, 0.3) is 0 Å². The SMILES string of the molecule is CCC1CCN(C(=O)[C@H](N)C(C)C)C1. The molecular weight excluding hydrogens is 176 g/mol. The second kappa shape index (κ2) is 4.78. The summed E-state index contributed by atoms with van der Waals surface area (Å²) in [4.78, 5) is 13.8. The number of carbonyl (C=O) groups is 1. The standard InChI is InChI=1S/C11H22N2O/c1-4-9-5-6-13(7-9)11(14)10(12)8(2)3/h8-10H,4-7,12H2,1-3H3/t9?,10-/m1/s1. The molecule has 3 nitrogen and oxygen atoms in total. The predicted octanol–water partition coefficient (Wildman–Crippen LogP) is 1.23. The van der Waals surface area contributed by atoms with Crippen molar-refractivity contribution in [3.63, 3.8) is 0 Å². The fraction of sp³-hybridized carbons (Fsp3) is 0.909. The first-order valence-corrected chi connectivity index (χ1v) is 5.60. The second-order valence-corrected chi connectivity index (χ2v) is 4.62. The van der Waals surface area contributed by atoms with Crippen LogP contribution >= 0.6 is 0 Å². The first-order valence-electron chi connectivity index (χ1n) is 5.60. The van der Waals surface area contributed by atoms with Gasteiger partial charge in [-0.05, 0) is 18.3 Å². The van der Waals surface area contributed by atoms with Gasteiger partial charge >= 0.3 is 0 Å². The third-order valence-electron chi connectivity index (χ3n) is 3.18. The predicted molar refractivity (Wildman–Crippen MR) is 57.8 cm³/mol. The molecule has 0 spiro atoms. The highest BCUT2D eigenvalue weighted by molar-refractivity contribution is 5.82. The van der Waals surface area contributed by atoms with Gasteiger partial charge in [-0.15, -0.1) is 0 Å². The van der Waals surface area contributed by atoms with E-state index in [9.17, 15) is 4.79 Å². The van der Waals surface area contributed by atoms with E-state index < -0.39 is 0 Å². The van der Waals surface area contributed by atoms with Crippen molar-refractivity contribution in [1.82, 2.24) is 4.90 Å². The molecule has 14 heavy (non-hydrogen) atoms. The Kier molecular flexibility index (Phi) is 3.93. The zero-order valence-corrected chi connectivity index (χ0v) is 9.49. The Morgan fingerprint density at radius 3 is 2.64 bits per heavy atom. The highest BCUT2D eigenvalue weighted by atomic mass is 16.2. The summed E-state index contributed by atoms with van der Waals surface area (Å²) in [6, 6.07) is -0.314. The van der Waals surface area contributed by atoms with Gasteiger partial charge in [0.15, 0.2) is 0 Å². The molecule has 1 rings (SSSR count). The van der Waals surface area contributed by atoms with Crippen molar-refractivity contribution in [2.24, 2.45) is 17.6 Å². The van der Waals surface area contributed by atoms with E-state index in [4.69, 9.17) is 5.73 Å². The molecule has 2 atom stereocenters. The highest BCUT2D eigenvalue weighted by Crippen LogP contribution is 2.20. The Bertz CT molecular complexity index is 203. The largest absolute Gasteiger partial charge is 0.341 e. The molecule has 0 aliphatic carbocycles. The summed E-state index contributed by atoms with van der Waals surface area (Å²) >= 11 is 0. The number of hydrogen-bond donors (Lipinski definition) is 1. The second-order valence-electron chi connectivity index (χ2n) is 4.62. The van der Waals surface area contributed by atoms with Crippen molar-refractivity contribution in [3.05, 3.63) is 0 Å². The summed E-state index contributed by atoms with van der Waals surface area (Å²) in [5.41, 5.74) is 5.84. The molecule has 1 amide bonds. The summed E-state index contributed by atoms with van der Waals surface area (Å²) in [6.45, 7) is 7.99. The van der Waals surface area contributed by atoms with Gasteiger partial charge in [0.1, 0.15) is 0 Å². The molecule has 3 heteroatoms. The third-order valence-corrected chi connectivity index (χ3v) is 3.18. The van der Waals surface area contributed by atoms with Crippen molar-refractivity contribution in [2.75, 3.05) is 13.1 Å². The van der Waals surface area contributed by atoms with Crippen LogP contribution in [0.1, 0.15) is 33.6 Å². The number of hydrogen-bond acceptors (Lipinski definition) is 2.